The lowest BCUT2D eigenvalue weighted by molar-refractivity contribution is 0.101. The van der Waals surface area contributed by atoms with E-state index >= 15 is 0 Å². The monoisotopic (exact) mass is 406 g/mol. The van der Waals surface area contributed by atoms with E-state index in [0.717, 1.165) is 8.95 Å². The van der Waals surface area contributed by atoms with E-state index in [1.807, 2.05) is 12.1 Å². The molecule has 16 heavy (non-hydrogen) atoms. The average Bonchev–Trinajstić information content (AvgIpc) is 2.63. The average molecular weight is 409 g/mol. The van der Waals surface area contributed by atoms with Gasteiger partial charge < -0.3 is 4.42 Å². The van der Waals surface area contributed by atoms with Gasteiger partial charge in [0.2, 0.25) is 5.78 Å². The second-order valence-electron chi connectivity index (χ2n) is 3.05. The fourth-order valence-electron chi connectivity index (χ4n) is 1.25. The number of rotatable bonds is 2. The van der Waals surface area contributed by atoms with Crippen molar-refractivity contribution in [1.29, 1.82) is 0 Å². The van der Waals surface area contributed by atoms with Gasteiger partial charge in [0.05, 0.1) is 10.7 Å². The second-order valence-corrected chi connectivity index (χ2v) is 5.68. The van der Waals surface area contributed by atoms with Gasteiger partial charge in [0, 0.05) is 14.5 Å². The smallest absolute Gasteiger partial charge is 0.230 e. The van der Waals surface area contributed by atoms with E-state index in [4.69, 9.17) is 4.42 Å². The number of carbonyl (C=O) groups excluding carboxylic acids is 1. The lowest BCUT2D eigenvalue weighted by Gasteiger charge is -2.02. The molecular formula is C11H5Br3O2. The molecule has 2 aromatic rings. The molecular weight excluding hydrogens is 404 g/mol. The normalized spacial score (nSPS) is 10.4. The minimum atomic E-state index is -0.156. The van der Waals surface area contributed by atoms with Gasteiger partial charge in [-0.05, 0) is 56.1 Å². The minimum absolute atomic E-state index is 0.156. The van der Waals surface area contributed by atoms with Crippen molar-refractivity contribution in [3.8, 4) is 0 Å². The quantitative estimate of drug-likeness (QED) is 0.668. The van der Waals surface area contributed by atoms with Gasteiger partial charge in [-0.1, -0.05) is 15.9 Å². The third kappa shape index (κ3) is 2.31. The van der Waals surface area contributed by atoms with E-state index in [1.54, 1.807) is 12.1 Å². The Morgan fingerprint density at radius 1 is 1.06 bits per heavy atom. The Bertz CT molecular complexity index is 546. The highest BCUT2D eigenvalue weighted by atomic mass is 79.9. The highest BCUT2D eigenvalue weighted by Gasteiger charge is 2.18. The van der Waals surface area contributed by atoms with Gasteiger partial charge in [0.25, 0.3) is 0 Å². The molecule has 0 spiro atoms. The minimum Gasteiger partial charge on any atom is -0.460 e. The van der Waals surface area contributed by atoms with Gasteiger partial charge in [0.15, 0.2) is 5.76 Å². The summed E-state index contributed by atoms with van der Waals surface area (Å²) in [5.41, 5.74) is 0.568. The van der Waals surface area contributed by atoms with Crippen LogP contribution in [0.1, 0.15) is 16.1 Å². The molecule has 0 saturated carbocycles. The summed E-state index contributed by atoms with van der Waals surface area (Å²) in [6, 6.07) is 7.07. The molecule has 0 unspecified atom stereocenters. The first kappa shape index (κ1) is 12.1. The summed E-state index contributed by atoms with van der Waals surface area (Å²) in [6.07, 6.45) is 1.48. The van der Waals surface area contributed by atoms with Crippen molar-refractivity contribution in [2.45, 2.75) is 0 Å². The highest BCUT2D eigenvalue weighted by molar-refractivity contribution is 9.11. The molecule has 0 saturated heterocycles. The van der Waals surface area contributed by atoms with E-state index in [9.17, 15) is 4.79 Å². The fourth-order valence-corrected chi connectivity index (χ4v) is 2.86. The first-order valence-corrected chi connectivity index (χ1v) is 6.70. The van der Waals surface area contributed by atoms with E-state index in [0.29, 0.717) is 15.8 Å². The first-order chi connectivity index (χ1) is 7.59. The number of benzene rings is 1. The third-order valence-electron chi connectivity index (χ3n) is 2.00. The van der Waals surface area contributed by atoms with Crippen LogP contribution in [0.4, 0.5) is 0 Å². The van der Waals surface area contributed by atoms with Gasteiger partial charge in [-0.3, -0.25) is 4.79 Å². The fraction of sp³-hybridized carbons (Fsp3) is 0. The van der Waals surface area contributed by atoms with E-state index in [2.05, 4.69) is 47.8 Å². The number of halogens is 3. The number of carbonyl (C=O) groups is 1. The van der Waals surface area contributed by atoms with Crippen molar-refractivity contribution in [3.63, 3.8) is 0 Å². The molecule has 1 aromatic heterocycles. The van der Waals surface area contributed by atoms with Crippen LogP contribution in [0.25, 0.3) is 0 Å². The third-order valence-corrected chi connectivity index (χ3v) is 3.77. The summed E-state index contributed by atoms with van der Waals surface area (Å²) < 4.78 is 7.44. The zero-order chi connectivity index (χ0) is 11.7. The van der Waals surface area contributed by atoms with Crippen molar-refractivity contribution in [2.75, 3.05) is 0 Å². The summed E-state index contributed by atoms with van der Waals surface area (Å²) in [7, 11) is 0. The molecule has 2 nitrogen and oxygen atoms in total. The summed E-state index contributed by atoms with van der Waals surface area (Å²) in [5.74, 6) is 0.152. The van der Waals surface area contributed by atoms with Crippen LogP contribution in [0.2, 0.25) is 0 Å². The standard InChI is InChI=1S/C11H5Br3O2/c12-6-1-2-7(9(14)5-6)10(15)11-8(13)3-4-16-11/h1-5H. The van der Waals surface area contributed by atoms with E-state index < -0.39 is 0 Å². The largest absolute Gasteiger partial charge is 0.460 e. The van der Waals surface area contributed by atoms with Crippen LogP contribution in [-0.2, 0) is 0 Å². The summed E-state index contributed by atoms with van der Waals surface area (Å²) in [4.78, 5) is 12.1. The Morgan fingerprint density at radius 2 is 1.81 bits per heavy atom. The van der Waals surface area contributed by atoms with Crippen molar-refractivity contribution in [1.82, 2.24) is 0 Å². The summed E-state index contributed by atoms with van der Waals surface area (Å²) >= 11 is 9.95. The maximum Gasteiger partial charge on any atom is 0.230 e. The first-order valence-electron chi connectivity index (χ1n) is 4.32. The predicted molar refractivity (Wildman–Crippen MR) is 71.7 cm³/mol. The van der Waals surface area contributed by atoms with E-state index in [1.165, 1.54) is 6.26 Å². The molecule has 82 valence electrons. The predicted octanol–water partition coefficient (Wildman–Crippen LogP) is 4.80. The molecule has 0 radical (unpaired) electrons. The number of ketones is 1. The van der Waals surface area contributed by atoms with Crippen LogP contribution >= 0.6 is 47.8 Å². The molecule has 5 heteroatoms. The van der Waals surface area contributed by atoms with Crippen LogP contribution in [0.5, 0.6) is 0 Å². The maximum absolute atomic E-state index is 12.1. The van der Waals surface area contributed by atoms with Gasteiger partial charge in [-0.2, -0.15) is 0 Å². The van der Waals surface area contributed by atoms with Crippen molar-refractivity contribution in [3.05, 3.63) is 55.3 Å². The molecule has 0 bridgehead atoms. The molecule has 0 aliphatic heterocycles. The van der Waals surface area contributed by atoms with Crippen LogP contribution in [-0.4, -0.2) is 5.78 Å². The Hall–Kier alpha value is -0.390. The number of furan rings is 1. The number of hydrogen-bond donors (Lipinski definition) is 0. The molecule has 2 rings (SSSR count). The molecule has 0 N–H and O–H groups in total. The van der Waals surface area contributed by atoms with Crippen molar-refractivity contribution in [2.24, 2.45) is 0 Å². The Morgan fingerprint density at radius 3 is 2.38 bits per heavy atom. The molecule has 0 atom stereocenters. The Labute approximate surface area is 117 Å². The Balaban J connectivity index is 2.46. The van der Waals surface area contributed by atoms with Gasteiger partial charge in [-0.25, -0.2) is 0 Å². The van der Waals surface area contributed by atoms with Crippen LogP contribution in [0, 0.1) is 0 Å². The zero-order valence-electron chi connectivity index (χ0n) is 7.84. The van der Waals surface area contributed by atoms with Gasteiger partial charge in [-0.15, -0.1) is 0 Å². The van der Waals surface area contributed by atoms with Crippen LogP contribution in [0.15, 0.2) is 48.4 Å². The lowest BCUT2D eigenvalue weighted by Crippen LogP contribution is -2.01. The Kier molecular flexibility index (Phi) is 3.66. The summed E-state index contributed by atoms with van der Waals surface area (Å²) in [6.45, 7) is 0. The zero-order valence-corrected chi connectivity index (χ0v) is 12.6. The van der Waals surface area contributed by atoms with E-state index in [-0.39, 0.29) is 5.78 Å². The maximum atomic E-state index is 12.1. The van der Waals surface area contributed by atoms with Crippen molar-refractivity contribution < 1.29 is 9.21 Å². The lowest BCUT2D eigenvalue weighted by atomic mass is 10.1. The molecule has 1 aromatic carbocycles. The topological polar surface area (TPSA) is 30.2 Å². The highest BCUT2D eigenvalue weighted by Crippen LogP contribution is 2.27. The summed E-state index contributed by atoms with van der Waals surface area (Å²) in [5, 5.41) is 0. The second kappa shape index (κ2) is 4.85. The van der Waals surface area contributed by atoms with Crippen molar-refractivity contribution >= 4 is 53.6 Å². The number of hydrogen-bond acceptors (Lipinski definition) is 2. The molecule has 1 heterocycles. The van der Waals surface area contributed by atoms with Crippen LogP contribution in [0.3, 0.4) is 0 Å². The molecule has 0 fully saturated rings. The van der Waals surface area contributed by atoms with Crippen LogP contribution < -0.4 is 0 Å². The SMILES string of the molecule is O=C(c1ccc(Br)cc1Br)c1occc1Br. The molecule has 0 amide bonds. The van der Waals surface area contributed by atoms with Gasteiger partial charge in [0.1, 0.15) is 0 Å². The molecule has 0 aliphatic rings. The molecule has 0 aliphatic carbocycles. The van der Waals surface area contributed by atoms with Gasteiger partial charge >= 0.3 is 0 Å².